The highest BCUT2D eigenvalue weighted by atomic mass is 16.3. The van der Waals surface area contributed by atoms with E-state index in [2.05, 4.69) is 10.2 Å². The lowest BCUT2D eigenvalue weighted by Crippen LogP contribution is -2.46. The number of carbonyl (C=O) groups excluding carboxylic acids is 1. The van der Waals surface area contributed by atoms with Gasteiger partial charge in [0.05, 0.1) is 11.8 Å². The van der Waals surface area contributed by atoms with E-state index < -0.39 is 0 Å². The highest BCUT2D eigenvalue weighted by Crippen LogP contribution is 2.27. The van der Waals surface area contributed by atoms with Crippen LogP contribution in [0.2, 0.25) is 0 Å². The van der Waals surface area contributed by atoms with Gasteiger partial charge < -0.3 is 9.73 Å². The van der Waals surface area contributed by atoms with E-state index in [0.29, 0.717) is 17.6 Å². The molecule has 2 saturated heterocycles. The van der Waals surface area contributed by atoms with Crippen molar-refractivity contribution in [3.63, 3.8) is 0 Å². The van der Waals surface area contributed by atoms with E-state index in [4.69, 9.17) is 4.42 Å². The zero-order chi connectivity index (χ0) is 11.7. The van der Waals surface area contributed by atoms with E-state index in [1.54, 1.807) is 6.07 Å². The maximum atomic E-state index is 11.9. The van der Waals surface area contributed by atoms with Gasteiger partial charge in [-0.3, -0.25) is 9.69 Å². The molecule has 0 aromatic carbocycles. The van der Waals surface area contributed by atoms with Crippen molar-refractivity contribution in [3.05, 3.63) is 24.2 Å². The number of piperidine rings is 1. The van der Waals surface area contributed by atoms with Gasteiger partial charge in [0.2, 0.25) is 0 Å². The van der Waals surface area contributed by atoms with Crippen molar-refractivity contribution in [3.8, 4) is 0 Å². The minimum atomic E-state index is -0.00354. The Hall–Kier alpha value is -1.29. The molecular weight excluding hydrogens is 216 g/mol. The van der Waals surface area contributed by atoms with Crippen LogP contribution in [0, 0.1) is 0 Å². The van der Waals surface area contributed by atoms with Crippen molar-refractivity contribution in [1.82, 2.24) is 10.2 Å². The Morgan fingerprint density at radius 1 is 1.35 bits per heavy atom. The smallest absolute Gasteiger partial charge is 0.254 e. The van der Waals surface area contributed by atoms with Crippen LogP contribution < -0.4 is 5.32 Å². The second kappa shape index (κ2) is 4.53. The van der Waals surface area contributed by atoms with Crippen molar-refractivity contribution in [2.24, 2.45) is 0 Å². The highest BCUT2D eigenvalue weighted by Gasteiger charge is 2.36. The van der Waals surface area contributed by atoms with Crippen molar-refractivity contribution in [2.75, 3.05) is 13.1 Å². The van der Waals surface area contributed by atoms with Crippen LogP contribution >= 0.6 is 0 Å². The van der Waals surface area contributed by atoms with E-state index in [-0.39, 0.29) is 5.91 Å². The summed E-state index contributed by atoms with van der Waals surface area (Å²) in [6.07, 6.45) is 7.93. The summed E-state index contributed by atoms with van der Waals surface area (Å²) in [6.45, 7) is 2.32. The second-order valence-electron chi connectivity index (χ2n) is 4.98. The van der Waals surface area contributed by atoms with E-state index >= 15 is 0 Å². The predicted octanol–water partition coefficient (Wildman–Crippen LogP) is 1.64. The summed E-state index contributed by atoms with van der Waals surface area (Å²) in [5, 5.41) is 3.14. The minimum Gasteiger partial charge on any atom is -0.472 e. The molecule has 0 radical (unpaired) electrons. The Labute approximate surface area is 101 Å². The quantitative estimate of drug-likeness (QED) is 0.846. The Morgan fingerprint density at radius 3 is 3.12 bits per heavy atom. The lowest BCUT2D eigenvalue weighted by atomic mass is 9.99. The number of amides is 1. The van der Waals surface area contributed by atoms with Crippen molar-refractivity contribution in [2.45, 2.75) is 37.8 Å². The van der Waals surface area contributed by atoms with Crippen LogP contribution in [0.15, 0.2) is 23.0 Å². The second-order valence-corrected chi connectivity index (χ2v) is 4.98. The Kier molecular flexibility index (Phi) is 2.89. The van der Waals surface area contributed by atoms with Gasteiger partial charge in [-0.05, 0) is 31.9 Å². The molecule has 17 heavy (non-hydrogen) atoms. The summed E-state index contributed by atoms with van der Waals surface area (Å²) in [5.74, 6) is -0.00354. The van der Waals surface area contributed by atoms with Crippen LogP contribution in [0.25, 0.3) is 0 Å². The number of carbonyl (C=O) groups is 1. The number of furan rings is 1. The van der Waals surface area contributed by atoms with E-state index in [1.807, 2.05) is 0 Å². The van der Waals surface area contributed by atoms with Gasteiger partial charge in [-0.2, -0.15) is 0 Å². The lowest BCUT2D eigenvalue weighted by Gasteiger charge is -2.32. The first-order chi connectivity index (χ1) is 8.34. The molecule has 2 unspecified atom stereocenters. The standard InChI is InChI=1S/C13H18N2O2/c16-13(10-5-8-17-9-10)14-11-4-7-15-6-2-1-3-12(11)15/h5,8-9,11-12H,1-4,6-7H2,(H,14,16). The maximum absolute atomic E-state index is 11.9. The van der Waals surface area contributed by atoms with Crippen LogP contribution in [-0.2, 0) is 0 Å². The van der Waals surface area contributed by atoms with Crippen LogP contribution in [0.5, 0.6) is 0 Å². The molecule has 0 aliphatic carbocycles. The van der Waals surface area contributed by atoms with E-state index in [1.165, 1.54) is 38.3 Å². The molecule has 2 atom stereocenters. The molecular formula is C13H18N2O2. The fraction of sp³-hybridized carbons (Fsp3) is 0.615. The summed E-state index contributed by atoms with van der Waals surface area (Å²) in [7, 11) is 0. The molecule has 2 aliphatic heterocycles. The fourth-order valence-electron chi connectivity index (χ4n) is 3.06. The van der Waals surface area contributed by atoms with Gasteiger partial charge in [-0.15, -0.1) is 0 Å². The zero-order valence-electron chi connectivity index (χ0n) is 9.89. The van der Waals surface area contributed by atoms with Gasteiger partial charge in [-0.25, -0.2) is 0 Å². The first-order valence-electron chi connectivity index (χ1n) is 6.42. The van der Waals surface area contributed by atoms with Gasteiger partial charge >= 0.3 is 0 Å². The van der Waals surface area contributed by atoms with Crippen LogP contribution in [0.4, 0.5) is 0 Å². The van der Waals surface area contributed by atoms with Gasteiger partial charge in [-0.1, -0.05) is 6.42 Å². The average Bonchev–Trinajstić information content (AvgIpc) is 2.98. The van der Waals surface area contributed by atoms with Crippen molar-refractivity contribution < 1.29 is 9.21 Å². The molecule has 2 aliphatic rings. The molecule has 0 bridgehead atoms. The molecule has 0 saturated carbocycles. The summed E-state index contributed by atoms with van der Waals surface area (Å²) < 4.78 is 4.94. The number of nitrogens with zero attached hydrogens (tertiary/aromatic N) is 1. The van der Waals surface area contributed by atoms with Crippen LogP contribution in [0.1, 0.15) is 36.0 Å². The largest absolute Gasteiger partial charge is 0.472 e. The maximum Gasteiger partial charge on any atom is 0.254 e. The third kappa shape index (κ3) is 2.09. The SMILES string of the molecule is O=C(NC1CCN2CCCCC12)c1ccoc1. The molecule has 4 nitrogen and oxygen atoms in total. The molecule has 4 heteroatoms. The molecule has 1 N–H and O–H groups in total. The molecule has 3 rings (SSSR count). The Morgan fingerprint density at radius 2 is 2.29 bits per heavy atom. The van der Waals surface area contributed by atoms with Gasteiger partial charge in [0.15, 0.2) is 0 Å². The van der Waals surface area contributed by atoms with Gasteiger partial charge in [0.1, 0.15) is 6.26 Å². The van der Waals surface area contributed by atoms with Crippen LogP contribution in [0.3, 0.4) is 0 Å². The van der Waals surface area contributed by atoms with E-state index in [0.717, 1.165) is 13.0 Å². The Bertz CT molecular complexity index is 388. The minimum absolute atomic E-state index is 0.00354. The molecule has 1 aromatic heterocycles. The monoisotopic (exact) mass is 234 g/mol. The van der Waals surface area contributed by atoms with Crippen molar-refractivity contribution >= 4 is 5.91 Å². The first-order valence-corrected chi connectivity index (χ1v) is 6.42. The normalized spacial score (nSPS) is 28.9. The van der Waals surface area contributed by atoms with E-state index in [9.17, 15) is 4.79 Å². The highest BCUT2D eigenvalue weighted by molar-refractivity contribution is 5.94. The number of rotatable bonds is 2. The molecule has 1 aromatic rings. The van der Waals surface area contributed by atoms with Crippen LogP contribution in [-0.4, -0.2) is 36.0 Å². The lowest BCUT2D eigenvalue weighted by molar-refractivity contribution is 0.0914. The average molecular weight is 234 g/mol. The molecule has 92 valence electrons. The number of fused-ring (bicyclic) bond motifs is 1. The third-order valence-corrected chi connectivity index (χ3v) is 3.96. The summed E-state index contributed by atoms with van der Waals surface area (Å²) in [6, 6.07) is 2.58. The molecule has 1 amide bonds. The summed E-state index contributed by atoms with van der Waals surface area (Å²) >= 11 is 0. The number of hydrogen-bond donors (Lipinski definition) is 1. The van der Waals surface area contributed by atoms with Crippen molar-refractivity contribution in [1.29, 1.82) is 0 Å². The zero-order valence-corrected chi connectivity index (χ0v) is 9.89. The molecule has 0 spiro atoms. The van der Waals surface area contributed by atoms with Gasteiger partial charge in [0.25, 0.3) is 5.91 Å². The molecule has 2 fully saturated rings. The first kappa shape index (κ1) is 10.8. The number of nitrogens with one attached hydrogen (secondary N) is 1. The van der Waals surface area contributed by atoms with Gasteiger partial charge in [0, 0.05) is 18.6 Å². The fourth-order valence-corrected chi connectivity index (χ4v) is 3.06. The summed E-state index contributed by atoms with van der Waals surface area (Å²) in [4.78, 5) is 14.5. The topological polar surface area (TPSA) is 45.5 Å². The third-order valence-electron chi connectivity index (χ3n) is 3.96. The predicted molar refractivity (Wildman–Crippen MR) is 63.8 cm³/mol. The Balaban J connectivity index is 1.64. The summed E-state index contributed by atoms with van der Waals surface area (Å²) in [5.41, 5.74) is 0.624. The number of hydrogen-bond acceptors (Lipinski definition) is 3. The molecule has 3 heterocycles.